The third-order valence-electron chi connectivity index (χ3n) is 4.76. The Hall–Kier alpha value is -2.03. The van der Waals surface area contributed by atoms with E-state index in [-0.39, 0.29) is 5.97 Å². The van der Waals surface area contributed by atoms with Crippen LogP contribution in [0.3, 0.4) is 0 Å². The van der Waals surface area contributed by atoms with Gasteiger partial charge in [-0.15, -0.1) is 0 Å². The molecular weight excluding hydrogens is 286 g/mol. The molecule has 1 aliphatic rings. The van der Waals surface area contributed by atoms with Gasteiger partial charge < -0.3 is 9.30 Å². The minimum Gasteiger partial charge on any atom is -0.463 e. The van der Waals surface area contributed by atoms with Crippen molar-refractivity contribution >= 4 is 22.4 Å². The second kappa shape index (κ2) is 7.03. The van der Waals surface area contributed by atoms with Crippen LogP contribution in [0.4, 0.5) is 0 Å². The number of nitrogens with zero attached hydrogens (tertiary/aromatic N) is 1. The average molecular weight is 311 g/mol. The van der Waals surface area contributed by atoms with Crippen molar-refractivity contribution in [1.29, 1.82) is 0 Å². The van der Waals surface area contributed by atoms with Crippen molar-refractivity contribution in [1.82, 2.24) is 4.57 Å². The zero-order chi connectivity index (χ0) is 16.2. The van der Waals surface area contributed by atoms with E-state index in [1.165, 1.54) is 43.0 Å². The fourth-order valence-electron chi connectivity index (χ4n) is 3.53. The van der Waals surface area contributed by atoms with E-state index in [4.69, 9.17) is 4.74 Å². The van der Waals surface area contributed by atoms with Crippen molar-refractivity contribution in [3.63, 3.8) is 0 Å². The number of ether oxygens (including phenoxy) is 1. The third-order valence-corrected chi connectivity index (χ3v) is 4.76. The molecule has 0 saturated heterocycles. The summed E-state index contributed by atoms with van der Waals surface area (Å²) in [4.78, 5) is 11.6. The summed E-state index contributed by atoms with van der Waals surface area (Å²) in [6.45, 7) is 4.18. The van der Waals surface area contributed by atoms with E-state index in [9.17, 15) is 4.79 Å². The summed E-state index contributed by atoms with van der Waals surface area (Å²) in [5.41, 5.74) is 3.31. The first-order chi connectivity index (χ1) is 11.2. The molecule has 23 heavy (non-hydrogen) atoms. The summed E-state index contributed by atoms with van der Waals surface area (Å²) >= 11 is 0. The molecule has 1 saturated carbocycles. The topological polar surface area (TPSA) is 31.2 Å². The van der Waals surface area contributed by atoms with E-state index >= 15 is 0 Å². The number of fused-ring (bicyclic) bond motifs is 1. The zero-order valence-corrected chi connectivity index (χ0v) is 14.0. The Bertz CT molecular complexity index is 720. The van der Waals surface area contributed by atoms with Crippen LogP contribution in [0.2, 0.25) is 0 Å². The van der Waals surface area contributed by atoms with Crippen molar-refractivity contribution in [2.24, 2.45) is 0 Å². The summed E-state index contributed by atoms with van der Waals surface area (Å²) in [6.07, 6.45) is 10.4. The van der Waals surface area contributed by atoms with Crippen LogP contribution in [0.15, 0.2) is 36.5 Å². The number of esters is 1. The number of hydrogen-bond acceptors (Lipinski definition) is 2. The Morgan fingerprint density at radius 3 is 2.78 bits per heavy atom. The van der Waals surface area contributed by atoms with Gasteiger partial charge in [-0.25, -0.2) is 4.79 Å². The van der Waals surface area contributed by atoms with Crippen LogP contribution in [0.1, 0.15) is 57.6 Å². The molecule has 0 spiro atoms. The fraction of sp³-hybridized carbons (Fsp3) is 0.450. The molecule has 0 radical (unpaired) electrons. The molecule has 0 aliphatic heterocycles. The highest BCUT2D eigenvalue weighted by Gasteiger charge is 2.16. The maximum Gasteiger partial charge on any atom is 0.331 e. The molecule has 3 heteroatoms. The molecule has 0 atom stereocenters. The SMILES string of the molecule is CCOC(=O)/C=C(\C)c1ccc2c(ccn2C2CCCCC2)c1. The van der Waals surface area contributed by atoms with Crippen LogP contribution >= 0.6 is 0 Å². The first-order valence-corrected chi connectivity index (χ1v) is 8.65. The number of carbonyl (C=O) groups is 1. The highest BCUT2D eigenvalue weighted by Crippen LogP contribution is 2.32. The second-order valence-electron chi connectivity index (χ2n) is 6.37. The zero-order valence-electron chi connectivity index (χ0n) is 14.0. The molecule has 1 heterocycles. The molecule has 0 amide bonds. The van der Waals surface area contributed by atoms with E-state index in [1.54, 1.807) is 6.08 Å². The number of carbonyl (C=O) groups excluding carboxylic acids is 1. The number of benzene rings is 1. The summed E-state index contributed by atoms with van der Waals surface area (Å²) in [5.74, 6) is -0.273. The summed E-state index contributed by atoms with van der Waals surface area (Å²) in [7, 11) is 0. The molecule has 0 unspecified atom stereocenters. The number of allylic oxidation sites excluding steroid dienone is 1. The van der Waals surface area contributed by atoms with Gasteiger partial charge in [-0.3, -0.25) is 0 Å². The van der Waals surface area contributed by atoms with Crippen LogP contribution in [-0.4, -0.2) is 17.1 Å². The van der Waals surface area contributed by atoms with Crippen LogP contribution in [0.5, 0.6) is 0 Å². The van der Waals surface area contributed by atoms with Gasteiger partial charge in [-0.05, 0) is 56.0 Å². The van der Waals surface area contributed by atoms with Gasteiger partial charge in [0, 0.05) is 29.2 Å². The van der Waals surface area contributed by atoms with E-state index in [2.05, 4.69) is 35.0 Å². The maximum atomic E-state index is 11.6. The van der Waals surface area contributed by atoms with E-state index in [0.717, 1.165) is 11.1 Å². The molecule has 2 aromatic rings. The van der Waals surface area contributed by atoms with Gasteiger partial charge in [0.1, 0.15) is 0 Å². The monoisotopic (exact) mass is 311 g/mol. The fourth-order valence-corrected chi connectivity index (χ4v) is 3.53. The lowest BCUT2D eigenvalue weighted by Crippen LogP contribution is -2.11. The van der Waals surface area contributed by atoms with Crippen molar-refractivity contribution in [2.75, 3.05) is 6.61 Å². The number of hydrogen-bond donors (Lipinski definition) is 0. The van der Waals surface area contributed by atoms with E-state index < -0.39 is 0 Å². The Morgan fingerprint density at radius 1 is 1.26 bits per heavy atom. The van der Waals surface area contributed by atoms with Crippen LogP contribution in [-0.2, 0) is 9.53 Å². The Balaban J connectivity index is 1.87. The predicted octanol–water partition coefficient (Wildman–Crippen LogP) is 5.11. The molecule has 122 valence electrons. The minimum absolute atomic E-state index is 0.273. The molecule has 0 bridgehead atoms. The Morgan fingerprint density at radius 2 is 2.04 bits per heavy atom. The standard InChI is InChI=1S/C20H25NO2/c1-3-23-20(22)13-15(2)16-9-10-19-17(14-16)11-12-21(19)18-7-5-4-6-8-18/h9-14,18H,3-8H2,1-2H3/b15-13+. The molecule has 3 nitrogen and oxygen atoms in total. The minimum atomic E-state index is -0.273. The summed E-state index contributed by atoms with van der Waals surface area (Å²) in [5, 5.41) is 1.24. The molecule has 1 aromatic carbocycles. The van der Waals surface area contributed by atoms with Gasteiger partial charge in [-0.1, -0.05) is 25.3 Å². The van der Waals surface area contributed by atoms with Gasteiger partial charge >= 0.3 is 5.97 Å². The van der Waals surface area contributed by atoms with Gasteiger partial charge in [0.05, 0.1) is 6.61 Å². The first-order valence-electron chi connectivity index (χ1n) is 8.65. The molecular formula is C20H25NO2. The van der Waals surface area contributed by atoms with Crippen molar-refractivity contribution in [3.8, 4) is 0 Å². The van der Waals surface area contributed by atoms with Gasteiger partial charge in [0.15, 0.2) is 0 Å². The Kier molecular flexibility index (Phi) is 4.85. The van der Waals surface area contributed by atoms with Gasteiger partial charge in [0.2, 0.25) is 0 Å². The smallest absolute Gasteiger partial charge is 0.331 e. The molecule has 1 aromatic heterocycles. The van der Waals surface area contributed by atoms with Gasteiger partial charge in [-0.2, -0.15) is 0 Å². The van der Waals surface area contributed by atoms with Crippen molar-refractivity contribution in [3.05, 3.63) is 42.1 Å². The second-order valence-corrected chi connectivity index (χ2v) is 6.37. The van der Waals surface area contributed by atoms with Gasteiger partial charge in [0.25, 0.3) is 0 Å². The molecule has 1 fully saturated rings. The molecule has 1 aliphatic carbocycles. The lowest BCUT2D eigenvalue weighted by Gasteiger charge is -2.24. The lowest BCUT2D eigenvalue weighted by molar-refractivity contribution is -0.137. The average Bonchev–Trinajstić information content (AvgIpc) is 2.99. The number of aromatic nitrogens is 1. The molecule has 0 N–H and O–H groups in total. The highest BCUT2D eigenvalue weighted by atomic mass is 16.5. The quantitative estimate of drug-likeness (QED) is 0.580. The van der Waals surface area contributed by atoms with Crippen LogP contribution in [0, 0.1) is 0 Å². The molecule has 3 rings (SSSR count). The van der Waals surface area contributed by atoms with Crippen molar-refractivity contribution in [2.45, 2.75) is 52.0 Å². The van der Waals surface area contributed by atoms with Crippen LogP contribution < -0.4 is 0 Å². The van der Waals surface area contributed by atoms with E-state index in [1.807, 2.05) is 13.8 Å². The van der Waals surface area contributed by atoms with E-state index in [0.29, 0.717) is 12.6 Å². The van der Waals surface area contributed by atoms with Crippen molar-refractivity contribution < 1.29 is 9.53 Å². The largest absolute Gasteiger partial charge is 0.463 e. The Labute approximate surface area is 137 Å². The maximum absolute atomic E-state index is 11.6. The normalized spacial score (nSPS) is 16.7. The lowest BCUT2D eigenvalue weighted by atomic mass is 9.95. The predicted molar refractivity (Wildman–Crippen MR) is 94.3 cm³/mol. The summed E-state index contributed by atoms with van der Waals surface area (Å²) < 4.78 is 7.42. The number of rotatable bonds is 4. The summed E-state index contributed by atoms with van der Waals surface area (Å²) in [6, 6.07) is 9.28. The highest BCUT2D eigenvalue weighted by molar-refractivity contribution is 5.92. The third kappa shape index (κ3) is 3.49. The van der Waals surface area contributed by atoms with Crippen LogP contribution in [0.25, 0.3) is 16.5 Å². The first kappa shape index (κ1) is 15.9.